The van der Waals surface area contributed by atoms with Crippen LogP contribution in [-0.2, 0) is 9.53 Å². The van der Waals surface area contributed by atoms with Crippen molar-refractivity contribution in [2.24, 2.45) is 5.41 Å². The van der Waals surface area contributed by atoms with Gasteiger partial charge in [0.25, 0.3) is 0 Å². The van der Waals surface area contributed by atoms with Crippen molar-refractivity contribution in [3.8, 4) is 11.1 Å². The summed E-state index contributed by atoms with van der Waals surface area (Å²) in [6.07, 6.45) is 2.28. The first kappa shape index (κ1) is 22.1. The average Bonchev–Trinajstić information content (AvgIpc) is 3.25. The number of hydrogen-bond acceptors (Lipinski definition) is 3. The number of carboxylic acid groups (broad SMARTS) is 1. The number of ether oxygens (including phenoxy) is 1. The zero-order valence-electron chi connectivity index (χ0n) is 18.7. The van der Waals surface area contributed by atoms with Gasteiger partial charge < -0.3 is 19.6 Å². The number of likely N-dealkylation sites (tertiary alicyclic amines) is 1. The van der Waals surface area contributed by atoms with Crippen LogP contribution < -0.4 is 5.32 Å². The van der Waals surface area contributed by atoms with Crippen molar-refractivity contribution < 1.29 is 23.9 Å². The molecule has 0 saturated carbocycles. The molecule has 32 heavy (non-hydrogen) atoms. The van der Waals surface area contributed by atoms with E-state index < -0.39 is 23.5 Å². The van der Waals surface area contributed by atoms with Gasteiger partial charge >= 0.3 is 12.1 Å². The third-order valence-electron chi connectivity index (χ3n) is 6.97. The molecule has 6 nitrogen and oxygen atoms in total. The van der Waals surface area contributed by atoms with Crippen LogP contribution in [0.3, 0.4) is 0 Å². The van der Waals surface area contributed by atoms with Crippen LogP contribution in [0.15, 0.2) is 61.2 Å². The highest BCUT2D eigenvalue weighted by atomic mass is 16.5. The van der Waals surface area contributed by atoms with Gasteiger partial charge in [-0.3, -0.25) is 0 Å². The monoisotopic (exact) mass is 435 g/mol. The average molecular weight is 436 g/mol. The molecule has 1 heterocycles. The molecule has 168 valence electrons. The number of hydrogen-bond donors (Lipinski definition) is 2. The fraction of sp³-hybridized carbons (Fsp3) is 0.385. The number of nitrogens with one attached hydrogen (secondary N) is 1. The van der Waals surface area contributed by atoms with E-state index in [2.05, 4.69) is 50.3 Å². The molecule has 2 aromatic carbocycles. The lowest BCUT2D eigenvalue weighted by atomic mass is 9.76. The van der Waals surface area contributed by atoms with Gasteiger partial charge in [0.15, 0.2) is 0 Å². The second kappa shape index (κ2) is 8.43. The molecule has 1 aliphatic carbocycles. The Balaban J connectivity index is 1.49. The minimum Gasteiger partial charge on any atom is -0.480 e. The van der Waals surface area contributed by atoms with Gasteiger partial charge in [0.05, 0.1) is 32.6 Å². The van der Waals surface area contributed by atoms with E-state index in [1.807, 2.05) is 24.3 Å². The molecule has 0 spiro atoms. The maximum Gasteiger partial charge on any atom is 0.407 e. The van der Waals surface area contributed by atoms with E-state index in [0.717, 1.165) is 28.8 Å². The number of allylic oxidation sites excluding steroid dienone is 1. The Morgan fingerprint density at radius 2 is 1.78 bits per heavy atom. The van der Waals surface area contributed by atoms with Gasteiger partial charge in [-0.05, 0) is 28.7 Å². The first-order valence-electron chi connectivity index (χ1n) is 11.0. The van der Waals surface area contributed by atoms with Gasteiger partial charge in [0.2, 0.25) is 0 Å². The van der Waals surface area contributed by atoms with Crippen molar-refractivity contribution in [2.75, 3.05) is 33.8 Å². The maximum atomic E-state index is 12.8. The molecule has 1 saturated heterocycles. The summed E-state index contributed by atoms with van der Waals surface area (Å²) in [5.41, 5.74) is 3.96. The van der Waals surface area contributed by atoms with Crippen LogP contribution in [0.25, 0.3) is 11.1 Å². The molecule has 2 atom stereocenters. The number of fused-ring (bicyclic) bond motifs is 3. The van der Waals surface area contributed by atoms with Crippen LogP contribution in [-0.4, -0.2) is 61.5 Å². The predicted octanol–water partition coefficient (Wildman–Crippen LogP) is 4.02. The summed E-state index contributed by atoms with van der Waals surface area (Å²) in [5.74, 6) is -1.11. The van der Waals surface area contributed by atoms with Crippen LogP contribution in [0.4, 0.5) is 4.79 Å². The predicted molar refractivity (Wildman–Crippen MR) is 123 cm³/mol. The Labute approximate surface area is 189 Å². The van der Waals surface area contributed by atoms with E-state index in [-0.39, 0.29) is 12.5 Å². The Bertz CT molecular complexity index is 1000. The summed E-state index contributed by atoms with van der Waals surface area (Å²) < 4.78 is 6.32. The molecular formula is C26H31N2O4+. The topological polar surface area (TPSA) is 75.6 Å². The highest BCUT2D eigenvalue weighted by molar-refractivity contribution is 5.81. The number of carbonyl (C=O) groups is 2. The Hall–Kier alpha value is -3.12. The minimum absolute atomic E-state index is 0.0688. The van der Waals surface area contributed by atoms with Crippen molar-refractivity contribution in [1.82, 2.24) is 5.32 Å². The zero-order chi connectivity index (χ0) is 22.9. The number of aliphatic carboxylic acids is 1. The number of quaternary nitrogens is 1. The molecule has 2 aliphatic rings. The maximum absolute atomic E-state index is 12.8. The minimum atomic E-state index is -1.04. The molecular weight excluding hydrogens is 404 g/mol. The van der Waals surface area contributed by atoms with Crippen LogP contribution >= 0.6 is 0 Å². The number of alkyl carbamates (subject to hydrolysis) is 1. The summed E-state index contributed by atoms with van der Waals surface area (Å²) in [6, 6.07) is 15.2. The second-order valence-corrected chi connectivity index (χ2v) is 9.66. The molecule has 1 fully saturated rings. The number of rotatable bonds is 7. The lowest BCUT2D eigenvalue weighted by Crippen LogP contribution is -2.55. The molecule has 2 N–H and O–H groups in total. The standard InChI is InChI=1S/C26H30N2O4/c1-4-13-26(14-15-28(2,3)17-26)23(24(29)30)27-25(31)32-16-22-20-11-7-5-9-18(20)19-10-6-8-12-21(19)22/h4-12,22-23H,1,13-17H2,2-3H3,(H-,27,29,30,31)/p+1/t23-,26-/m0/s1. The molecule has 6 heteroatoms. The van der Waals surface area contributed by atoms with Crippen molar-refractivity contribution >= 4 is 12.1 Å². The SMILES string of the molecule is C=CC[C@]1([C@@H](NC(=O)OCC2c3ccccc3-c3ccccc32)C(=O)O)CC[N+](C)(C)C1. The highest BCUT2D eigenvalue weighted by Crippen LogP contribution is 2.44. The van der Waals surface area contributed by atoms with Crippen LogP contribution in [0, 0.1) is 5.41 Å². The number of amides is 1. The lowest BCUT2D eigenvalue weighted by Gasteiger charge is -2.34. The summed E-state index contributed by atoms with van der Waals surface area (Å²) >= 11 is 0. The van der Waals surface area contributed by atoms with Gasteiger partial charge in [-0.15, -0.1) is 6.58 Å². The van der Waals surface area contributed by atoms with Crippen LogP contribution in [0.2, 0.25) is 0 Å². The summed E-state index contributed by atoms with van der Waals surface area (Å²) in [5, 5.41) is 12.6. The molecule has 1 aliphatic heterocycles. The number of carbonyl (C=O) groups excluding carboxylic acids is 1. The Morgan fingerprint density at radius 3 is 2.28 bits per heavy atom. The first-order chi connectivity index (χ1) is 15.3. The largest absolute Gasteiger partial charge is 0.480 e. The quantitative estimate of drug-likeness (QED) is 0.509. The van der Waals surface area contributed by atoms with Gasteiger partial charge in [-0.2, -0.15) is 0 Å². The van der Waals surface area contributed by atoms with E-state index in [1.165, 1.54) is 0 Å². The summed E-state index contributed by atoms with van der Waals surface area (Å²) in [6.45, 7) is 5.48. The normalized spacial score (nSPS) is 21.9. The Kier molecular flexibility index (Phi) is 5.82. The smallest absolute Gasteiger partial charge is 0.407 e. The van der Waals surface area contributed by atoms with Crippen molar-refractivity contribution in [1.29, 1.82) is 0 Å². The van der Waals surface area contributed by atoms with Crippen LogP contribution in [0.5, 0.6) is 0 Å². The van der Waals surface area contributed by atoms with Crippen LogP contribution in [0.1, 0.15) is 29.9 Å². The lowest BCUT2D eigenvalue weighted by molar-refractivity contribution is -0.881. The summed E-state index contributed by atoms with van der Waals surface area (Å²) in [7, 11) is 4.16. The van der Waals surface area contributed by atoms with E-state index in [9.17, 15) is 14.7 Å². The van der Waals surface area contributed by atoms with Gasteiger partial charge in [-0.25, -0.2) is 9.59 Å². The van der Waals surface area contributed by atoms with Crippen molar-refractivity contribution in [3.05, 3.63) is 72.3 Å². The first-order valence-corrected chi connectivity index (χ1v) is 11.0. The highest BCUT2D eigenvalue weighted by Gasteiger charge is 2.52. The number of nitrogens with zero attached hydrogens (tertiary/aromatic N) is 1. The van der Waals surface area contributed by atoms with Gasteiger partial charge in [0, 0.05) is 12.3 Å². The molecule has 2 aromatic rings. The molecule has 0 radical (unpaired) electrons. The zero-order valence-corrected chi connectivity index (χ0v) is 18.7. The van der Waals surface area contributed by atoms with E-state index >= 15 is 0 Å². The Morgan fingerprint density at radius 1 is 1.19 bits per heavy atom. The van der Waals surface area contributed by atoms with Gasteiger partial charge in [0.1, 0.15) is 12.6 Å². The van der Waals surface area contributed by atoms with E-state index in [4.69, 9.17) is 4.74 Å². The fourth-order valence-electron chi connectivity index (χ4n) is 5.58. The van der Waals surface area contributed by atoms with Crippen molar-refractivity contribution in [2.45, 2.75) is 24.8 Å². The van der Waals surface area contributed by atoms with Gasteiger partial charge in [-0.1, -0.05) is 54.6 Å². The molecule has 0 bridgehead atoms. The third-order valence-corrected chi connectivity index (χ3v) is 6.97. The van der Waals surface area contributed by atoms with E-state index in [0.29, 0.717) is 23.9 Å². The molecule has 1 amide bonds. The number of benzene rings is 2. The second-order valence-electron chi connectivity index (χ2n) is 9.66. The molecule has 0 unspecified atom stereocenters. The third kappa shape index (κ3) is 4.02. The summed E-state index contributed by atoms with van der Waals surface area (Å²) in [4.78, 5) is 25.0. The fourth-order valence-corrected chi connectivity index (χ4v) is 5.58. The molecule has 4 rings (SSSR count). The van der Waals surface area contributed by atoms with E-state index in [1.54, 1.807) is 6.08 Å². The number of carboxylic acids is 1. The van der Waals surface area contributed by atoms with Crippen molar-refractivity contribution in [3.63, 3.8) is 0 Å². The molecule has 0 aromatic heterocycles.